The van der Waals surface area contributed by atoms with Crippen LogP contribution in [0.15, 0.2) is 70.6 Å². The summed E-state index contributed by atoms with van der Waals surface area (Å²) in [6.07, 6.45) is 3.15. The van der Waals surface area contributed by atoms with Gasteiger partial charge in [0.2, 0.25) is 0 Å². The zero-order valence-corrected chi connectivity index (χ0v) is 17.7. The molecule has 1 aliphatic rings. The van der Waals surface area contributed by atoms with Crippen molar-refractivity contribution in [2.24, 2.45) is 0 Å². The van der Waals surface area contributed by atoms with E-state index >= 15 is 0 Å². The molecule has 0 saturated carbocycles. The second kappa shape index (κ2) is 9.58. The molecule has 1 aliphatic heterocycles. The molecule has 1 heterocycles. The van der Waals surface area contributed by atoms with Crippen molar-refractivity contribution in [1.29, 1.82) is 0 Å². The van der Waals surface area contributed by atoms with Gasteiger partial charge >= 0.3 is 0 Å². The Hall–Kier alpha value is -2.84. The van der Waals surface area contributed by atoms with Crippen LogP contribution in [0.1, 0.15) is 5.56 Å². The Morgan fingerprint density at radius 3 is 2.66 bits per heavy atom. The van der Waals surface area contributed by atoms with E-state index in [-0.39, 0.29) is 30.2 Å². The van der Waals surface area contributed by atoms with Crippen molar-refractivity contribution in [2.45, 2.75) is 0 Å². The van der Waals surface area contributed by atoms with Crippen molar-refractivity contribution in [3.05, 3.63) is 76.1 Å². The zero-order chi connectivity index (χ0) is 20.8. The molecule has 8 heteroatoms. The highest BCUT2D eigenvalue weighted by Crippen LogP contribution is 2.33. The van der Waals surface area contributed by atoms with Crippen LogP contribution in [0.25, 0.3) is 6.08 Å². The van der Waals surface area contributed by atoms with Gasteiger partial charge in [0.1, 0.15) is 5.75 Å². The number of hydrogen-bond donors (Lipinski definition) is 1. The summed E-state index contributed by atoms with van der Waals surface area (Å²) in [5.74, 6) is -0.123. The van der Waals surface area contributed by atoms with E-state index in [1.165, 1.54) is 6.08 Å². The summed E-state index contributed by atoms with van der Waals surface area (Å²) < 4.78 is 6.19. The molecule has 3 rings (SSSR count). The summed E-state index contributed by atoms with van der Waals surface area (Å²) in [5, 5.41) is 2.43. The monoisotopic (exact) mass is 472 g/mol. The van der Waals surface area contributed by atoms with Crippen molar-refractivity contribution < 1.29 is 19.1 Å². The van der Waals surface area contributed by atoms with Crippen LogP contribution in [-0.2, 0) is 9.59 Å². The summed E-state index contributed by atoms with van der Waals surface area (Å²) >= 11 is 4.30. The van der Waals surface area contributed by atoms with Crippen LogP contribution in [-0.4, -0.2) is 35.1 Å². The zero-order valence-electron chi connectivity index (χ0n) is 15.3. The number of carbonyl (C=O) groups excluding carboxylic acids is 3. The largest absolute Gasteiger partial charge is 0.483 e. The molecule has 148 valence electrons. The van der Waals surface area contributed by atoms with Gasteiger partial charge in [0, 0.05) is 12.2 Å². The van der Waals surface area contributed by atoms with Crippen LogP contribution in [0.3, 0.4) is 0 Å². The van der Waals surface area contributed by atoms with E-state index in [4.69, 9.17) is 4.74 Å². The molecule has 3 amide bonds. The number of ether oxygens (including phenoxy) is 1. The molecule has 0 bridgehead atoms. The van der Waals surface area contributed by atoms with Crippen molar-refractivity contribution in [2.75, 3.05) is 18.5 Å². The Balaban J connectivity index is 1.63. The van der Waals surface area contributed by atoms with Gasteiger partial charge in [0.25, 0.3) is 17.1 Å². The topological polar surface area (TPSA) is 75.7 Å². The normalized spacial score (nSPS) is 14.9. The minimum absolute atomic E-state index is 0.146. The fraction of sp³-hybridized carbons (Fsp3) is 0.0952. The standard InChI is InChI=1S/C21H17BrN2O4S/c1-2-10-24-20(26)18(29-21(24)27)12-14-8-9-17(16(22)11-14)28-13-19(25)23-15-6-4-3-5-7-15/h2-9,11-12H,1,10,13H2,(H,23,25)/b18-12+. The Labute approximate surface area is 180 Å². The average Bonchev–Trinajstić information content (AvgIpc) is 2.96. The minimum Gasteiger partial charge on any atom is -0.483 e. The van der Waals surface area contributed by atoms with Gasteiger partial charge < -0.3 is 10.1 Å². The Morgan fingerprint density at radius 1 is 1.21 bits per heavy atom. The van der Waals surface area contributed by atoms with E-state index < -0.39 is 0 Å². The number of carbonyl (C=O) groups is 3. The highest BCUT2D eigenvalue weighted by atomic mass is 79.9. The third kappa shape index (κ3) is 5.36. The lowest BCUT2D eigenvalue weighted by molar-refractivity contribution is -0.122. The lowest BCUT2D eigenvalue weighted by Crippen LogP contribution is -2.27. The molecule has 0 atom stereocenters. The molecule has 1 N–H and O–H groups in total. The molecule has 29 heavy (non-hydrogen) atoms. The number of benzene rings is 2. The lowest BCUT2D eigenvalue weighted by Gasteiger charge is -2.10. The van der Waals surface area contributed by atoms with Gasteiger partial charge in [0.05, 0.1) is 9.38 Å². The van der Waals surface area contributed by atoms with Gasteiger partial charge in [-0.2, -0.15) is 0 Å². The summed E-state index contributed by atoms with van der Waals surface area (Å²) in [6.45, 7) is 3.59. The third-order valence-corrected chi connectivity index (χ3v) is 5.38. The molecule has 1 fully saturated rings. The van der Waals surface area contributed by atoms with Crippen LogP contribution in [0.5, 0.6) is 5.75 Å². The first-order valence-corrected chi connectivity index (χ1v) is 10.2. The van der Waals surface area contributed by atoms with E-state index in [1.54, 1.807) is 36.4 Å². The predicted molar refractivity (Wildman–Crippen MR) is 118 cm³/mol. The fourth-order valence-corrected chi connectivity index (χ4v) is 3.88. The molecule has 0 unspecified atom stereocenters. The number of nitrogens with zero attached hydrogens (tertiary/aromatic N) is 1. The highest BCUT2D eigenvalue weighted by molar-refractivity contribution is 9.10. The van der Waals surface area contributed by atoms with Gasteiger partial charge in [-0.15, -0.1) is 6.58 Å². The number of nitrogens with one attached hydrogen (secondary N) is 1. The fourth-order valence-electron chi connectivity index (χ4n) is 2.52. The molecular weight excluding hydrogens is 456 g/mol. The van der Waals surface area contributed by atoms with E-state index in [2.05, 4.69) is 27.8 Å². The van der Waals surface area contributed by atoms with E-state index in [0.717, 1.165) is 22.2 Å². The molecule has 0 radical (unpaired) electrons. The number of halogens is 1. The van der Waals surface area contributed by atoms with E-state index in [9.17, 15) is 14.4 Å². The van der Waals surface area contributed by atoms with Gasteiger partial charge in [-0.05, 0) is 63.6 Å². The summed E-state index contributed by atoms with van der Waals surface area (Å²) in [4.78, 5) is 37.7. The van der Waals surface area contributed by atoms with Crippen LogP contribution in [0, 0.1) is 0 Å². The predicted octanol–water partition coefficient (Wildman–Crippen LogP) is 4.69. The maximum atomic E-state index is 12.3. The van der Waals surface area contributed by atoms with Crippen LogP contribution in [0.2, 0.25) is 0 Å². The first kappa shape index (κ1) is 20.9. The maximum absolute atomic E-state index is 12.3. The van der Waals surface area contributed by atoms with Crippen LogP contribution < -0.4 is 10.1 Å². The summed E-state index contributed by atoms with van der Waals surface area (Å²) in [6, 6.07) is 14.3. The maximum Gasteiger partial charge on any atom is 0.293 e. The number of rotatable bonds is 7. The second-order valence-electron chi connectivity index (χ2n) is 5.97. The average molecular weight is 473 g/mol. The third-order valence-electron chi connectivity index (χ3n) is 3.86. The number of imide groups is 1. The number of hydrogen-bond acceptors (Lipinski definition) is 5. The van der Waals surface area contributed by atoms with Crippen molar-refractivity contribution in [3.63, 3.8) is 0 Å². The van der Waals surface area contributed by atoms with Gasteiger partial charge in [-0.3, -0.25) is 19.3 Å². The van der Waals surface area contributed by atoms with Crippen LogP contribution in [0.4, 0.5) is 10.5 Å². The Morgan fingerprint density at radius 2 is 1.97 bits per heavy atom. The molecule has 6 nitrogen and oxygen atoms in total. The van der Waals surface area contributed by atoms with Crippen LogP contribution >= 0.6 is 27.7 Å². The van der Waals surface area contributed by atoms with Gasteiger partial charge in [-0.1, -0.05) is 30.3 Å². The molecule has 2 aromatic rings. The number of amides is 3. The lowest BCUT2D eigenvalue weighted by atomic mass is 10.2. The Kier molecular flexibility index (Phi) is 6.90. The van der Waals surface area contributed by atoms with Gasteiger partial charge in [0.15, 0.2) is 6.61 Å². The quantitative estimate of drug-likeness (QED) is 0.467. The molecule has 0 aliphatic carbocycles. The SMILES string of the molecule is C=CCN1C(=O)S/C(=C/c2ccc(OCC(=O)Nc3ccccc3)c(Br)c2)C1=O. The van der Waals surface area contributed by atoms with E-state index in [0.29, 0.717) is 20.8 Å². The smallest absolute Gasteiger partial charge is 0.293 e. The summed E-state index contributed by atoms with van der Waals surface area (Å²) in [5.41, 5.74) is 1.42. The highest BCUT2D eigenvalue weighted by Gasteiger charge is 2.34. The molecule has 1 saturated heterocycles. The van der Waals surface area contributed by atoms with Crippen molar-refractivity contribution in [1.82, 2.24) is 4.90 Å². The number of thioether (sulfide) groups is 1. The van der Waals surface area contributed by atoms with E-state index in [1.807, 2.05) is 18.2 Å². The summed E-state index contributed by atoms with van der Waals surface area (Å²) in [7, 11) is 0. The second-order valence-corrected chi connectivity index (χ2v) is 7.82. The van der Waals surface area contributed by atoms with Crippen molar-refractivity contribution >= 4 is 56.5 Å². The van der Waals surface area contributed by atoms with Crippen molar-refractivity contribution in [3.8, 4) is 5.75 Å². The first-order valence-electron chi connectivity index (χ1n) is 8.61. The van der Waals surface area contributed by atoms with Gasteiger partial charge in [-0.25, -0.2) is 0 Å². The number of anilines is 1. The Bertz CT molecular complexity index is 991. The molecular formula is C21H17BrN2O4S. The first-order chi connectivity index (χ1) is 14.0. The number of para-hydroxylation sites is 1. The molecule has 0 aromatic heterocycles. The molecule has 2 aromatic carbocycles. The minimum atomic E-state index is -0.339. The molecule has 0 spiro atoms.